The van der Waals surface area contributed by atoms with Crippen molar-refractivity contribution in [3.8, 4) is 0 Å². The van der Waals surface area contributed by atoms with Gasteiger partial charge < -0.3 is 4.57 Å². The summed E-state index contributed by atoms with van der Waals surface area (Å²) in [7, 11) is 1.94. The molecule has 2 heterocycles. The molecule has 0 saturated heterocycles. The molecule has 0 aliphatic rings. The number of Topliss-reactive ketones (excluding diaryl/α,β-unsaturated/α-hetero) is 1. The van der Waals surface area contributed by atoms with Gasteiger partial charge in [-0.25, -0.2) is 0 Å². The van der Waals surface area contributed by atoms with Gasteiger partial charge in [0.05, 0.1) is 22.4 Å². The molecule has 0 amide bonds. The predicted octanol–water partition coefficient (Wildman–Crippen LogP) is 2.80. The predicted molar refractivity (Wildman–Crippen MR) is 73.8 cm³/mol. The van der Waals surface area contributed by atoms with Crippen molar-refractivity contribution in [3.05, 3.63) is 39.9 Å². The first kappa shape index (κ1) is 13.1. The van der Waals surface area contributed by atoms with Crippen molar-refractivity contribution in [2.75, 3.05) is 0 Å². The van der Waals surface area contributed by atoms with Gasteiger partial charge in [-0.05, 0) is 35.3 Å². The van der Waals surface area contributed by atoms with Gasteiger partial charge in [0, 0.05) is 25.0 Å². The van der Waals surface area contributed by atoms with Crippen LogP contribution in [-0.2, 0) is 20.0 Å². The van der Waals surface area contributed by atoms with E-state index < -0.39 is 0 Å². The molecule has 0 atom stereocenters. The average Bonchev–Trinajstić information content (AvgIpc) is 2.89. The van der Waals surface area contributed by atoms with Crippen LogP contribution in [0.15, 0.2) is 22.9 Å². The Morgan fingerprint density at radius 3 is 2.72 bits per heavy atom. The summed E-state index contributed by atoms with van der Waals surface area (Å²) < 4.78 is 4.94. The third kappa shape index (κ3) is 2.41. The lowest BCUT2D eigenvalue weighted by molar-refractivity contribution is 0.101. The van der Waals surface area contributed by atoms with Crippen molar-refractivity contribution in [3.63, 3.8) is 0 Å². The summed E-state index contributed by atoms with van der Waals surface area (Å²) in [5, 5.41) is 4.46. The molecule has 0 aliphatic heterocycles. The van der Waals surface area contributed by atoms with Gasteiger partial charge in [0.1, 0.15) is 0 Å². The summed E-state index contributed by atoms with van der Waals surface area (Å²) in [5.74, 6) is 0.0899. The topological polar surface area (TPSA) is 39.8 Å². The van der Waals surface area contributed by atoms with E-state index in [1.165, 1.54) is 0 Å². The average molecular weight is 310 g/mol. The summed E-state index contributed by atoms with van der Waals surface area (Å²) >= 11 is 3.59. The Labute approximate surface area is 115 Å². The zero-order valence-corrected chi connectivity index (χ0v) is 12.4. The fourth-order valence-corrected chi connectivity index (χ4v) is 2.65. The number of halogens is 1. The summed E-state index contributed by atoms with van der Waals surface area (Å²) in [6, 6.07) is 1.84. The minimum atomic E-state index is 0.0899. The van der Waals surface area contributed by atoms with Crippen LogP contribution in [0.1, 0.15) is 35.6 Å². The van der Waals surface area contributed by atoms with Gasteiger partial charge in [-0.15, -0.1) is 0 Å². The minimum absolute atomic E-state index is 0.0899. The Bertz CT molecular complexity index is 583. The maximum absolute atomic E-state index is 11.3. The molecule has 2 aromatic rings. The molecule has 0 bridgehead atoms. The molecular formula is C13H16BrN3O. The first-order valence-electron chi connectivity index (χ1n) is 5.90. The van der Waals surface area contributed by atoms with E-state index in [4.69, 9.17) is 0 Å². The third-order valence-electron chi connectivity index (χ3n) is 2.99. The van der Waals surface area contributed by atoms with E-state index in [0.29, 0.717) is 6.54 Å². The van der Waals surface area contributed by atoms with Gasteiger partial charge in [0.15, 0.2) is 5.78 Å². The van der Waals surface area contributed by atoms with Crippen molar-refractivity contribution in [1.29, 1.82) is 0 Å². The zero-order valence-electron chi connectivity index (χ0n) is 10.8. The van der Waals surface area contributed by atoms with Crippen LogP contribution in [0.4, 0.5) is 0 Å². The number of hydrogen-bond donors (Lipinski definition) is 0. The van der Waals surface area contributed by atoms with E-state index in [2.05, 4.69) is 28.0 Å². The van der Waals surface area contributed by atoms with Crippen molar-refractivity contribution >= 4 is 21.7 Å². The Morgan fingerprint density at radius 2 is 2.22 bits per heavy atom. The summed E-state index contributed by atoms with van der Waals surface area (Å²) in [5.41, 5.74) is 2.91. The fraction of sp³-hybridized carbons (Fsp3) is 0.385. The number of carbonyl (C=O) groups is 1. The molecule has 0 aromatic carbocycles. The van der Waals surface area contributed by atoms with Crippen molar-refractivity contribution < 1.29 is 4.79 Å². The Morgan fingerprint density at radius 1 is 1.50 bits per heavy atom. The molecule has 96 valence electrons. The Hall–Kier alpha value is -1.36. The molecule has 2 aromatic heterocycles. The quantitative estimate of drug-likeness (QED) is 0.815. The second-order valence-electron chi connectivity index (χ2n) is 4.31. The normalized spacial score (nSPS) is 10.9. The van der Waals surface area contributed by atoms with Crippen LogP contribution >= 0.6 is 15.9 Å². The number of ketones is 1. The van der Waals surface area contributed by atoms with Crippen LogP contribution in [0.3, 0.4) is 0 Å². The van der Waals surface area contributed by atoms with Crippen molar-refractivity contribution in [1.82, 2.24) is 14.3 Å². The minimum Gasteiger partial charge on any atom is -0.348 e. The van der Waals surface area contributed by atoms with Gasteiger partial charge in [0.25, 0.3) is 0 Å². The molecule has 18 heavy (non-hydrogen) atoms. The molecule has 5 heteroatoms. The summed E-state index contributed by atoms with van der Waals surface area (Å²) in [6.45, 7) is 4.37. The first-order valence-corrected chi connectivity index (χ1v) is 6.69. The lowest BCUT2D eigenvalue weighted by Gasteiger charge is -2.04. The highest BCUT2D eigenvalue weighted by Gasteiger charge is 2.13. The highest BCUT2D eigenvalue weighted by atomic mass is 79.9. The van der Waals surface area contributed by atoms with Crippen molar-refractivity contribution in [2.45, 2.75) is 26.8 Å². The zero-order chi connectivity index (χ0) is 13.3. The lowest BCUT2D eigenvalue weighted by atomic mass is 10.2. The number of nitrogens with zero attached hydrogens (tertiary/aromatic N) is 3. The third-order valence-corrected chi connectivity index (χ3v) is 3.91. The molecule has 0 N–H and O–H groups in total. The van der Waals surface area contributed by atoms with Gasteiger partial charge in [-0.3, -0.25) is 9.48 Å². The van der Waals surface area contributed by atoms with Gasteiger partial charge in [-0.2, -0.15) is 5.10 Å². The number of rotatable bonds is 4. The number of aryl methyl sites for hydroxylation is 2. The van der Waals surface area contributed by atoms with Crippen LogP contribution in [0.25, 0.3) is 0 Å². The molecule has 0 spiro atoms. The molecule has 4 nitrogen and oxygen atoms in total. The van der Waals surface area contributed by atoms with E-state index in [1.807, 2.05) is 34.8 Å². The van der Waals surface area contributed by atoms with Gasteiger partial charge >= 0.3 is 0 Å². The standard InChI is InChI=1S/C13H16BrN3O/c1-4-11-13(14)12(16(3)15-11)8-17-6-5-10(7-17)9(2)18/h5-7H,4,8H2,1-3H3. The molecular weight excluding hydrogens is 294 g/mol. The SMILES string of the molecule is CCc1nn(C)c(Cn2ccc(C(C)=O)c2)c1Br. The number of hydrogen-bond acceptors (Lipinski definition) is 2. The number of aromatic nitrogens is 3. The second-order valence-corrected chi connectivity index (χ2v) is 5.11. The van der Waals surface area contributed by atoms with E-state index in [0.717, 1.165) is 27.8 Å². The van der Waals surface area contributed by atoms with E-state index in [9.17, 15) is 4.79 Å². The molecule has 0 saturated carbocycles. The summed E-state index contributed by atoms with van der Waals surface area (Å²) in [6.07, 6.45) is 4.69. The second kappa shape index (κ2) is 5.10. The fourth-order valence-electron chi connectivity index (χ4n) is 1.91. The van der Waals surface area contributed by atoms with E-state index >= 15 is 0 Å². The van der Waals surface area contributed by atoms with Crippen LogP contribution in [0, 0.1) is 0 Å². The lowest BCUT2D eigenvalue weighted by Crippen LogP contribution is -2.04. The highest BCUT2D eigenvalue weighted by Crippen LogP contribution is 2.22. The van der Waals surface area contributed by atoms with Crippen LogP contribution in [-0.4, -0.2) is 20.1 Å². The van der Waals surface area contributed by atoms with Crippen LogP contribution in [0.2, 0.25) is 0 Å². The monoisotopic (exact) mass is 309 g/mol. The number of carbonyl (C=O) groups excluding carboxylic acids is 1. The van der Waals surface area contributed by atoms with Crippen molar-refractivity contribution in [2.24, 2.45) is 7.05 Å². The molecule has 0 fully saturated rings. The smallest absolute Gasteiger partial charge is 0.161 e. The molecule has 0 radical (unpaired) electrons. The molecule has 0 unspecified atom stereocenters. The van der Waals surface area contributed by atoms with Gasteiger partial charge in [0.2, 0.25) is 0 Å². The highest BCUT2D eigenvalue weighted by molar-refractivity contribution is 9.10. The first-order chi connectivity index (χ1) is 8.52. The maximum Gasteiger partial charge on any atom is 0.161 e. The Kier molecular flexibility index (Phi) is 3.71. The van der Waals surface area contributed by atoms with E-state index in [1.54, 1.807) is 6.92 Å². The van der Waals surface area contributed by atoms with Crippen LogP contribution in [0.5, 0.6) is 0 Å². The van der Waals surface area contributed by atoms with Gasteiger partial charge in [-0.1, -0.05) is 6.92 Å². The van der Waals surface area contributed by atoms with Crippen LogP contribution < -0.4 is 0 Å². The van der Waals surface area contributed by atoms with E-state index in [-0.39, 0.29) is 5.78 Å². The maximum atomic E-state index is 11.3. The Balaban J connectivity index is 2.28. The molecule has 0 aliphatic carbocycles. The summed E-state index contributed by atoms with van der Waals surface area (Å²) in [4.78, 5) is 11.3. The largest absolute Gasteiger partial charge is 0.348 e. The molecule has 2 rings (SSSR count).